The van der Waals surface area contributed by atoms with Crippen molar-refractivity contribution in [3.8, 4) is 17.2 Å². The molecule has 0 fully saturated rings. The molecule has 30 heavy (non-hydrogen) atoms. The number of halogens is 1. The van der Waals surface area contributed by atoms with Gasteiger partial charge in [-0.15, -0.1) is 0 Å². The lowest BCUT2D eigenvalue weighted by Gasteiger charge is -2.10. The van der Waals surface area contributed by atoms with E-state index in [4.69, 9.17) is 14.2 Å². The van der Waals surface area contributed by atoms with Gasteiger partial charge in [0.25, 0.3) is 0 Å². The lowest BCUT2D eigenvalue weighted by atomic mass is 10.1. The van der Waals surface area contributed by atoms with Crippen molar-refractivity contribution < 1.29 is 28.2 Å². The molecule has 1 aliphatic heterocycles. The first-order chi connectivity index (χ1) is 14.5. The fourth-order valence-corrected chi connectivity index (χ4v) is 3.12. The summed E-state index contributed by atoms with van der Waals surface area (Å²) in [5.41, 5.74) is 1.40. The van der Waals surface area contributed by atoms with Crippen molar-refractivity contribution in [3.63, 3.8) is 0 Å². The molecule has 0 aliphatic carbocycles. The average Bonchev–Trinajstić information content (AvgIpc) is 3.08. The molecule has 0 aromatic heterocycles. The Kier molecular flexibility index (Phi) is 5.06. The van der Waals surface area contributed by atoms with Crippen LogP contribution < -0.4 is 14.2 Å². The minimum absolute atomic E-state index is 0.00877. The SMILES string of the molecule is COc1cccc(C(=O)Oc2ccc3c(c2C)O/C(=C\c2ccccc2F)C3=O)c1. The molecule has 3 aromatic rings. The Balaban J connectivity index is 1.62. The normalized spacial score (nSPS) is 13.7. The van der Waals surface area contributed by atoms with Crippen molar-refractivity contribution >= 4 is 17.8 Å². The van der Waals surface area contributed by atoms with Crippen LogP contribution in [0.25, 0.3) is 6.08 Å². The molecule has 1 aliphatic rings. The molecular formula is C24H17FO5. The average molecular weight is 404 g/mol. The summed E-state index contributed by atoms with van der Waals surface area (Å²) in [6.45, 7) is 1.69. The van der Waals surface area contributed by atoms with Gasteiger partial charge in [0.05, 0.1) is 18.2 Å². The third kappa shape index (κ3) is 3.55. The second kappa shape index (κ2) is 7.83. The highest BCUT2D eigenvalue weighted by Gasteiger charge is 2.30. The van der Waals surface area contributed by atoms with Crippen molar-refractivity contribution in [3.05, 3.63) is 94.5 Å². The molecule has 0 bridgehead atoms. The minimum atomic E-state index is -0.566. The number of carbonyl (C=O) groups excluding carboxylic acids is 2. The molecule has 0 radical (unpaired) electrons. The second-order valence-electron chi connectivity index (χ2n) is 6.65. The van der Waals surface area contributed by atoms with E-state index in [1.54, 1.807) is 55.5 Å². The van der Waals surface area contributed by atoms with Gasteiger partial charge in [-0.3, -0.25) is 4.79 Å². The van der Waals surface area contributed by atoms with Crippen LogP contribution >= 0.6 is 0 Å². The van der Waals surface area contributed by atoms with E-state index < -0.39 is 11.8 Å². The number of hydrogen-bond acceptors (Lipinski definition) is 5. The van der Waals surface area contributed by atoms with Gasteiger partial charge >= 0.3 is 5.97 Å². The smallest absolute Gasteiger partial charge is 0.343 e. The summed E-state index contributed by atoms with van der Waals surface area (Å²) in [5, 5.41) is 0. The number of ether oxygens (including phenoxy) is 3. The summed E-state index contributed by atoms with van der Waals surface area (Å²) >= 11 is 0. The fraction of sp³-hybridized carbons (Fsp3) is 0.0833. The summed E-state index contributed by atoms with van der Waals surface area (Å²) in [7, 11) is 1.51. The van der Waals surface area contributed by atoms with Gasteiger partial charge in [0.15, 0.2) is 5.76 Å². The Morgan fingerprint density at radius 2 is 1.87 bits per heavy atom. The van der Waals surface area contributed by atoms with Crippen molar-refractivity contribution in [1.29, 1.82) is 0 Å². The molecule has 6 heteroatoms. The van der Waals surface area contributed by atoms with E-state index in [-0.39, 0.29) is 22.9 Å². The van der Waals surface area contributed by atoms with Crippen LogP contribution in [0.4, 0.5) is 4.39 Å². The molecule has 3 aromatic carbocycles. The third-order valence-electron chi connectivity index (χ3n) is 4.74. The van der Waals surface area contributed by atoms with Gasteiger partial charge in [-0.1, -0.05) is 24.3 Å². The maximum absolute atomic E-state index is 13.9. The Morgan fingerprint density at radius 1 is 1.07 bits per heavy atom. The molecule has 0 unspecified atom stereocenters. The van der Waals surface area contributed by atoms with Gasteiger partial charge in [0.1, 0.15) is 23.1 Å². The van der Waals surface area contributed by atoms with Crippen molar-refractivity contribution in [2.75, 3.05) is 7.11 Å². The lowest BCUT2D eigenvalue weighted by molar-refractivity contribution is 0.0732. The summed E-state index contributed by atoms with van der Waals surface area (Å²) in [6.07, 6.45) is 1.36. The highest BCUT2D eigenvalue weighted by molar-refractivity contribution is 6.15. The highest BCUT2D eigenvalue weighted by Crippen LogP contribution is 2.39. The number of benzene rings is 3. The molecule has 0 amide bonds. The monoisotopic (exact) mass is 404 g/mol. The topological polar surface area (TPSA) is 61.8 Å². The van der Waals surface area contributed by atoms with Crippen LogP contribution in [0.2, 0.25) is 0 Å². The van der Waals surface area contributed by atoms with Crippen LogP contribution in [0, 0.1) is 12.7 Å². The Bertz CT molecular complexity index is 1200. The standard InChI is InChI=1S/C24H17FO5/c1-14-20(30-24(27)16-7-5-8-17(12-16)28-2)11-10-18-22(26)21(29-23(14)18)13-15-6-3-4-9-19(15)25/h3-13H,1-2H3/b21-13-. The maximum Gasteiger partial charge on any atom is 0.343 e. The highest BCUT2D eigenvalue weighted by atomic mass is 19.1. The number of methoxy groups -OCH3 is 1. The predicted molar refractivity (Wildman–Crippen MR) is 108 cm³/mol. The molecule has 0 spiro atoms. The number of ketones is 1. The van der Waals surface area contributed by atoms with Crippen molar-refractivity contribution in [2.24, 2.45) is 0 Å². The van der Waals surface area contributed by atoms with Gasteiger partial charge in [0.2, 0.25) is 5.78 Å². The van der Waals surface area contributed by atoms with Gasteiger partial charge < -0.3 is 14.2 Å². The quantitative estimate of drug-likeness (QED) is 0.349. The molecule has 0 atom stereocenters. The van der Waals surface area contributed by atoms with Crippen molar-refractivity contribution in [2.45, 2.75) is 6.92 Å². The van der Waals surface area contributed by atoms with E-state index in [1.807, 2.05) is 0 Å². The molecule has 5 nitrogen and oxygen atoms in total. The largest absolute Gasteiger partial charge is 0.497 e. The third-order valence-corrected chi connectivity index (χ3v) is 4.74. The molecule has 1 heterocycles. The van der Waals surface area contributed by atoms with Crippen LogP contribution in [-0.2, 0) is 0 Å². The number of fused-ring (bicyclic) bond motifs is 1. The number of allylic oxidation sites excluding steroid dienone is 1. The first-order valence-electron chi connectivity index (χ1n) is 9.16. The summed E-state index contributed by atoms with van der Waals surface area (Å²) < 4.78 is 30.3. The summed E-state index contributed by atoms with van der Waals surface area (Å²) in [5.74, 6) is -0.283. The molecule has 0 N–H and O–H groups in total. The molecule has 4 rings (SSSR count). The number of carbonyl (C=O) groups is 2. The van der Waals surface area contributed by atoms with Crippen LogP contribution in [0.5, 0.6) is 17.2 Å². The summed E-state index contributed by atoms with van der Waals surface area (Å²) in [6, 6.07) is 15.8. The lowest BCUT2D eigenvalue weighted by Crippen LogP contribution is -2.09. The van der Waals surface area contributed by atoms with E-state index in [1.165, 1.54) is 25.3 Å². The predicted octanol–water partition coefficient (Wildman–Crippen LogP) is 4.98. The van der Waals surface area contributed by atoms with Gasteiger partial charge in [-0.2, -0.15) is 0 Å². The van der Waals surface area contributed by atoms with Crippen LogP contribution in [0.3, 0.4) is 0 Å². The first-order valence-corrected chi connectivity index (χ1v) is 9.16. The summed E-state index contributed by atoms with van der Waals surface area (Å²) in [4.78, 5) is 25.2. The molecule has 0 saturated heterocycles. The number of hydrogen-bond donors (Lipinski definition) is 0. The Hall–Kier alpha value is -3.93. The number of rotatable bonds is 4. The van der Waals surface area contributed by atoms with Crippen LogP contribution in [0.1, 0.15) is 31.8 Å². The minimum Gasteiger partial charge on any atom is -0.497 e. The van der Waals surface area contributed by atoms with E-state index in [2.05, 4.69) is 0 Å². The molecule has 150 valence electrons. The fourth-order valence-electron chi connectivity index (χ4n) is 3.12. The Labute approximate surface area is 172 Å². The van der Waals surface area contributed by atoms with E-state index in [0.29, 0.717) is 28.2 Å². The van der Waals surface area contributed by atoms with Gasteiger partial charge in [-0.25, -0.2) is 9.18 Å². The van der Waals surface area contributed by atoms with E-state index in [0.717, 1.165) is 0 Å². The van der Waals surface area contributed by atoms with Crippen LogP contribution in [-0.4, -0.2) is 18.9 Å². The van der Waals surface area contributed by atoms with Gasteiger partial charge in [-0.05, 0) is 49.4 Å². The van der Waals surface area contributed by atoms with Crippen LogP contribution in [0.15, 0.2) is 66.4 Å². The maximum atomic E-state index is 13.9. The Morgan fingerprint density at radius 3 is 2.63 bits per heavy atom. The molecular weight excluding hydrogens is 387 g/mol. The zero-order valence-electron chi connectivity index (χ0n) is 16.3. The number of esters is 1. The zero-order chi connectivity index (χ0) is 21.3. The number of Topliss-reactive ketones (excluding diaryl/α,β-unsaturated/α-hetero) is 1. The first kappa shape index (κ1) is 19.4. The second-order valence-corrected chi connectivity index (χ2v) is 6.65. The van der Waals surface area contributed by atoms with E-state index in [9.17, 15) is 14.0 Å². The zero-order valence-corrected chi connectivity index (χ0v) is 16.3. The molecule has 0 saturated carbocycles. The van der Waals surface area contributed by atoms with Gasteiger partial charge in [0, 0.05) is 11.1 Å². The van der Waals surface area contributed by atoms with E-state index >= 15 is 0 Å². The van der Waals surface area contributed by atoms with Crippen molar-refractivity contribution in [1.82, 2.24) is 0 Å².